The summed E-state index contributed by atoms with van der Waals surface area (Å²) in [6.07, 6.45) is 2.42. The van der Waals surface area contributed by atoms with Gasteiger partial charge in [-0.05, 0) is 48.9 Å². The summed E-state index contributed by atoms with van der Waals surface area (Å²) in [6, 6.07) is 12.2. The maximum absolute atomic E-state index is 12.4. The molecule has 0 bridgehead atoms. The van der Waals surface area contributed by atoms with Crippen molar-refractivity contribution in [3.63, 3.8) is 0 Å². The van der Waals surface area contributed by atoms with E-state index < -0.39 is 0 Å². The van der Waals surface area contributed by atoms with Crippen molar-refractivity contribution in [2.24, 2.45) is 0 Å². The van der Waals surface area contributed by atoms with Gasteiger partial charge in [-0.3, -0.25) is 14.2 Å². The second-order valence-electron chi connectivity index (χ2n) is 6.47. The Labute approximate surface area is 189 Å². The second-order valence-corrected chi connectivity index (χ2v) is 7.82. The van der Waals surface area contributed by atoms with E-state index in [0.717, 1.165) is 17.9 Å². The molecule has 0 aliphatic carbocycles. The summed E-state index contributed by atoms with van der Waals surface area (Å²) >= 11 is 7.46. The van der Waals surface area contributed by atoms with Crippen molar-refractivity contribution in [2.45, 2.75) is 18.5 Å². The number of benzene rings is 2. The van der Waals surface area contributed by atoms with Gasteiger partial charge in [0, 0.05) is 17.9 Å². The van der Waals surface area contributed by atoms with Crippen LogP contribution < -0.4 is 15.4 Å². The van der Waals surface area contributed by atoms with Crippen molar-refractivity contribution in [1.82, 2.24) is 20.1 Å². The predicted octanol–water partition coefficient (Wildman–Crippen LogP) is 3.80. The highest BCUT2D eigenvalue weighted by molar-refractivity contribution is 7.99. The van der Waals surface area contributed by atoms with E-state index in [1.165, 1.54) is 11.8 Å². The Kier molecular flexibility index (Phi) is 7.91. The molecule has 0 aliphatic rings. The van der Waals surface area contributed by atoms with E-state index in [9.17, 15) is 9.59 Å². The Morgan fingerprint density at radius 2 is 1.97 bits per heavy atom. The highest BCUT2D eigenvalue weighted by Crippen LogP contribution is 2.23. The molecule has 2 amide bonds. The summed E-state index contributed by atoms with van der Waals surface area (Å²) in [5, 5.41) is 14.4. The number of hydrogen-bond acceptors (Lipinski definition) is 6. The molecule has 8 nitrogen and oxygen atoms in total. The van der Waals surface area contributed by atoms with Gasteiger partial charge in [-0.2, -0.15) is 0 Å². The fourth-order valence-corrected chi connectivity index (χ4v) is 3.68. The van der Waals surface area contributed by atoms with Crippen LogP contribution in [0.15, 0.2) is 53.9 Å². The molecule has 0 saturated heterocycles. The molecule has 0 aliphatic heterocycles. The van der Waals surface area contributed by atoms with Gasteiger partial charge in [0.2, 0.25) is 5.91 Å². The van der Waals surface area contributed by atoms with Crippen LogP contribution in [0.4, 0.5) is 5.69 Å². The zero-order valence-corrected chi connectivity index (χ0v) is 18.7. The topological polar surface area (TPSA) is 98.1 Å². The van der Waals surface area contributed by atoms with E-state index in [0.29, 0.717) is 23.0 Å². The number of hydrogen-bond donors (Lipinski definition) is 2. The summed E-state index contributed by atoms with van der Waals surface area (Å²) in [5.74, 6) is 0.412. The molecular formula is C21H22ClN5O3S. The van der Waals surface area contributed by atoms with Crippen LogP contribution in [0.3, 0.4) is 0 Å². The van der Waals surface area contributed by atoms with Gasteiger partial charge in [-0.15, -0.1) is 10.2 Å². The third-order valence-corrected chi connectivity index (χ3v) is 5.49. The molecule has 0 unspecified atom stereocenters. The fourth-order valence-electron chi connectivity index (χ4n) is 2.68. The largest absolute Gasteiger partial charge is 0.497 e. The van der Waals surface area contributed by atoms with Crippen molar-refractivity contribution in [1.29, 1.82) is 0 Å². The maximum atomic E-state index is 12.4. The average molecular weight is 460 g/mol. The van der Waals surface area contributed by atoms with Crippen LogP contribution in [-0.2, 0) is 4.79 Å². The van der Waals surface area contributed by atoms with E-state index in [4.69, 9.17) is 16.3 Å². The number of rotatable bonds is 9. The predicted molar refractivity (Wildman–Crippen MR) is 121 cm³/mol. The van der Waals surface area contributed by atoms with Crippen molar-refractivity contribution >= 4 is 40.9 Å². The molecule has 162 valence electrons. The Balaban J connectivity index is 1.59. The molecule has 1 aromatic heterocycles. The zero-order chi connectivity index (χ0) is 22.2. The summed E-state index contributed by atoms with van der Waals surface area (Å²) in [6.45, 7) is 2.55. The van der Waals surface area contributed by atoms with Gasteiger partial charge in [-0.1, -0.05) is 30.3 Å². The first-order chi connectivity index (χ1) is 15.0. The van der Waals surface area contributed by atoms with Gasteiger partial charge in [0.15, 0.2) is 5.16 Å². The first-order valence-corrected chi connectivity index (χ1v) is 10.9. The zero-order valence-electron chi connectivity index (χ0n) is 17.1. The molecule has 1 heterocycles. The van der Waals surface area contributed by atoms with E-state index >= 15 is 0 Å². The monoisotopic (exact) mass is 459 g/mol. The minimum atomic E-state index is -0.238. The summed E-state index contributed by atoms with van der Waals surface area (Å²) in [7, 11) is 1.61. The van der Waals surface area contributed by atoms with Crippen LogP contribution in [0, 0.1) is 0 Å². The Hall–Kier alpha value is -3.04. The number of carbonyl (C=O) groups is 2. The lowest BCUT2D eigenvalue weighted by atomic mass is 10.2. The molecule has 2 aromatic carbocycles. The van der Waals surface area contributed by atoms with Gasteiger partial charge < -0.3 is 15.4 Å². The molecule has 0 fully saturated rings. The number of thioether (sulfide) groups is 1. The van der Waals surface area contributed by atoms with Gasteiger partial charge in [0.1, 0.15) is 12.1 Å². The van der Waals surface area contributed by atoms with Gasteiger partial charge >= 0.3 is 0 Å². The lowest BCUT2D eigenvalue weighted by Gasteiger charge is -2.10. The minimum absolute atomic E-state index is 0.130. The molecule has 3 rings (SSSR count). The van der Waals surface area contributed by atoms with Crippen LogP contribution in [-0.4, -0.2) is 46.0 Å². The molecule has 0 radical (unpaired) electrons. The minimum Gasteiger partial charge on any atom is -0.497 e. The summed E-state index contributed by atoms with van der Waals surface area (Å²) in [4.78, 5) is 24.5. The van der Waals surface area contributed by atoms with Crippen LogP contribution >= 0.6 is 23.4 Å². The molecule has 2 N–H and O–H groups in total. The number of ether oxygens (including phenoxy) is 1. The van der Waals surface area contributed by atoms with Crippen molar-refractivity contribution in [3.8, 4) is 11.4 Å². The average Bonchev–Trinajstić information content (AvgIpc) is 3.25. The highest BCUT2D eigenvalue weighted by Gasteiger charge is 2.13. The number of carbonyl (C=O) groups excluding carboxylic acids is 2. The molecule has 0 atom stereocenters. The fraction of sp³-hybridized carbons (Fsp3) is 0.238. The van der Waals surface area contributed by atoms with E-state index in [1.807, 2.05) is 31.2 Å². The van der Waals surface area contributed by atoms with Crippen molar-refractivity contribution in [2.75, 3.05) is 24.7 Å². The molecule has 0 spiro atoms. The third kappa shape index (κ3) is 5.99. The Morgan fingerprint density at radius 3 is 2.65 bits per heavy atom. The van der Waals surface area contributed by atoms with E-state index in [-0.39, 0.29) is 22.6 Å². The van der Waals surface area contributed by atoms with Crippen LogP contribution in [0.25, 0.3) is 5.69 Å². The third-order valence-electron chi connectivity index (χ3n) is 4.23. The summed E-state index contributed by atoms with van der Waals surface area (Å²) in [5.41, 5.74) is 1.74. The molecule has 3 aromatic rings. The van der Waals surface area contributed by atoms with Gasteiger partial charge in [-0.25, -0.2) is 0 Å². The number of methoxy groups -OCH3 is 1. The van der Waals surface area contributed by atoms with Crippen LogP contribution in [0.5, 0.6) is 5.75 Å². The van der Waals surface area contributed by atoms with Crippen molar-refractivity contribution in [3.05, 3.63) is 59.4 Å². The number of amides is 2. The molecule has 31 heavy (non-hydrogen) atoms. The number of nitrogens with zero attached hydrogens (tertiary/aromatic N) is 3. The van der Waals surface area contributed by atoms with Crippen LogP contribution in [0.2, 0.25) is 5.02 Å². The van der Waals surface area contributed by atoms with Gasteiger partial charge in [0.25, 0.3) is 5.91 Å². The summed E-state index contributed by atoms with van der Waals surface area (Å²) < 4.78 is 6.96. The second kappa shape index (κ2) is 10.8. The smallest absolute Gasteiger partial charge is 0.252 e. The molecule has 0 saturated carbocycles. The SMILES string of the molecule is CCCNC(=O)c1ccc(NC(=O)CSc2nncn2-c2ccc(OC)cc2)cc1Cl. The van der Waals surface area contributed by atoms with Crippen molar-refractivity contribution < 1.29 is 14.3 Å². The van der Waals surface area contributed by atoms with E-state index in [1.54, 1.807) is 36.2 Å². The standard InChI is InChI=1S/C21H22ClN5O3S/c1-3-10-23-20(29)17-9-4-14(11-18(17)22)25-19(28)12-31-21-26-24-13-27(21)15-5-7-16(30-2)8-6-15/h4-9,11,13H,3,10,12H2,1-2H3,(H,23,29)(H,25,28). The number of nitrogens with one attached hydrogen (secondary N) is 2. The normalized spacial score (nSPS) is 10.5. The Morgan fingerprint density at radius 1 is 1.19 bits per heavy atom. The van der Waals surface area contributed by atoms with Crippen LogP contribution in [0.1, 0.15) is 23.7 Å². The lowest BCUT2D eigenvalue weighted by Crippen LogP contribution is -2.24. The quantitative estimate of drug-likeness (QED) is 0.472. The highest BCUT2D eigenvalue weighted by atomic mass is 35.5. The van der Waals surface area contributed by atoms with E-state index in [2.05, 4.69) is 20.8 Å². The number of aromatic nitrogens is 3. The number of halogens is 1. The molecule has 10 heteroatoms. The number of anilines is 1. The lowest BCUT2D eigenvalue weighted by molar-refractivity contribution is -0.113. The first kappa shape index (κ1) is 22.6. The maximum Gasteiger partial charge on any atom is 0.252 e. The molecular weight excluding hydrogens is 438 g/mol. The first-order valence-electron chi connectivity index (χ1n) is 9.56. The Bertz CT molecular complexity index is 1060. The van der Waals surface area contributed by atoms with Gasteiger partial charge in [0.05, 0.1) is 23.4 Å².